The van der Waals surface area contributed by atoms with Gasteiger partial charge < -0.3 is 30.2 Å². The van der Waals surface area contributed by atoms with Crippen LogP contribution in [-0.4, -0.2) is 109 Å². The summed E-state index contributed by atoms with van der Waals surface area (Å²) in [6.45, 7) is 9.55. The Morgan fingerprint density at radius 2 is 1.91 bits per heavy atom. The zero-order valence-corrected chi connectivity index (χ0v) is 27.2. The average Bonchev–Trinajstić information content (AvgIpc) is 3.77. The van der Waals surface area contributed by atoms with Crippen LogP contribution in [0.2, 0.25) is 0 Å². The number of aryl methyl sites for hydroxylation is 3. The van der Waals surface area contributed by atoms with E-state index in [1.807, 2.05) is 57.4 Å². The van der Waals surface area contributed by atoms with Crippen LogP contribution in [0, 0.1) is 13.8 Å². The van der Waals surface area contributed by atoms with E-state index in [-0.39, 0.29) is 18.6 Å². The third kappa shape index (κ3) is 6.74. The quantitative estimate of drug-likeness (QED) is 0.219. The van der Waals surface area contributed by atoms with E-state index in [4.69, 9.17) is 9.72 Å². The molecule has 5 aromatic rings. The first kappa shape index (κ1) is 30.6. The van der Waals surface area contributed by atoms with Gasteiger partial charge in [-0.1, -0.05) is 12.1 Å². The number of piperazine rings is 1. The topological polar surface area (TPSA) is 145 Å². The number of aromatic amines is 1. The van der Waals surface area contributed by atoms with Gasteiger partial charge in [0.05, 0.1) is 23.4 Å². The molecule has 14 heteroatoms. The number of carbonyl (C=O) groups is 1. The van der Waals surface area contributed by atoms with E-state index in [1.165, 1.54) is 0 Å². The van der Waals surface area contributed by atoms with Gasteiger partial charge in [0.25, 0.3) is 0 Å². The van der Waals surface area contributed by atoms with Gasteiger partial charge in [0.15, 0.2) is 5.82 Å². The number of nitrogens with one attached hydrogen (secondary N) is 3. The van der Waals surface area contributed by atoms with E-state index in [0.717, 1.165) is 84.1 Å². The zero-order valence-electron chi connectivity index (χ0n) is 27.2. The molecule has 4 aromatic heterocycles. The molecule has 2 fully saturated rings. The summed E-state index contributed by atoms with van der Waals surface area (Å²) in [6, 6.07) is 9.75. The van der Waals surface area contributed by atoms with E-state index in [2.05, 4.69) is 57.4 Å². The molecule has 14 nitrogen and oxygen atoms in total. The van der Waals surface area contributed by atoms with Gasteiger partial charge in [-0.2, -0.15) is 5.10 Å². The van der Waals surface area contributed by atoms with E-state index in [9.17, 15) is 4.79 Å². The number of carbonyl (C=O) groups excluding carboxylic acids is 1. The van der Waals surface area contributed by atoms with Gasteiger partial charge in [-0.05, 0) is 38.9 Å². The average molecular weight is 637 g/mol. The number of aromatic nitrogens is 7. The number of ether oxygens (including phenoxy) is 1. The van der Waals surface area contributed by atoms with Crippen molar-refractivity contribution in [3.05, 3.63) is 60.3 Å². The fourth-order valence-corrected chi connectivity index (χ4v) is 6.17. The molecule has 47 heavy (non-hydrogen) atoms. The van der Waals surface area contributed by atoms with Crippen LogP contribution in [-0.2, 0) is 11.8 Å². The first-order valence-electron chi connectivity index (χ1n) is 16.0. The normalized spacial score (nSPS) is 17.4. The van der Waals surface area contributed by atoms with Gasteiger partial charge in [-0.25, -0.2) is 19.9 Å². The van der Waals surface area contributed by atoms with E-state index in [0.29, 0.717) is 24.2 Å². The lowest BCUT2D eigenvalue weighted by molar-refractivity contribution is -0.117. The summed E-state index contributed by atoms with van der Waals surface area (Å²) in [4.78, 5) is 41.4. The zero-order chi connectivity index (χ0) is 32.5. The summed E-state index contributed by atoms with van der Waals surface area (Å²) in [6.07, 6.45) is 6.08. The predicted molar refractivity (Wildman–Crippen MR) is 181 cm³/mol. The third-order valence-corrected chi connectivity index (χ3v) is 8.91. The van der Waals surface area contributed by atoms with E-state index in [1.54, 1.807) is 17.2 Å². The molecule has 0 saturated carbocycles. The van der Waals surface area contributed by atoms with Crippen LogP contribution in [0.25, 0.3) is 22.2 Å². The second-order valence-corrected chi connectivity index (χ2v) is 12.4. The lowest BCUT2D eigenvalue weighted by atomic mass is 10.1. The summed E-state index contributed by atoms with van der Waals surface area (Å²) in [5, 5.41) is 11.7. The molecular weight excluding hydrogens is 596 g/mol. The lowest BCUT2D eigenvalue weighted by Gasteiger charge is -2.33. The summed E-state index contributed by atoms with van der Waals surface area (Å²) < 4.78 is 8.03. The van der Waals surface area contributed by atoms with Gasteiger partial charge in [-0.3, -0.25) is 14.4 Å². The number of amides is 1. The molecule has 2 saturated heterocycles. The Hall–Kier alpha value is -5.08. The maximum Gasteiger partial charge on any atom is 0.238 e. The molecular formula is C33H40N12O2. The van der Waals surface area contributed by atoms with Gasteiger partial charge in [0, 0.05) is 87.5 Å². The molecule has 1 aromatic carbocycles. The Balaban J connectivity index is 0.982. The standard InChI is InChI=1S/C33H40N12O2/c1-21-16-35-33(39-27-14-22(2)43(4)41-27)40-31(21)25-17-34-32-24(25)6-5-7-26(32)38-29(46)19-44-9-8-23(18-44)47-30-15-28(36-20-37-30)45-12-10-42(3)11-13-45/h5-7,14-17,20,23,34H,8-13,18-19H2,1-4H3,(H,38,46)(H,35,39,40,41)/t23-/m0/s1. The summed E-state index contributed by atoms with van der Waals surface area (Å²) in [5.74, 6) is 2.54. The van der Waals surface area contributed by atoms with Crippen molar-refractivity contribution in [1.29, 1.82) is 0 Å². The van der Waals surface area contributed by atoms with Crippen molar-refractivity contribution in [1.82, 2.24) is 44.5 Å². The molecule has 2 aliphatic rings. The molecule has 244 valence electrons. The SMILES string of the molecule is Cc1cnc(Nc2cc(C)n(C)n2)nc1-c1c[nH]c2c(NC(=O)CN3CC[C@H](Oc4cc(N5CCN(C)CC5)ncn4)C3)cccc12. The molecule has 0 bridgehead atoms. The highest BCUT2D eigenvalue weighted by Crippen LogP contribution is 2.33. The number of nitrogens with zero attached hydrogens (tertiary/aromatic N) is 9. The summed E-state index contributed by atoms with van der Waals surface area (Å²) >= 11 is 0. The van der Waals surface area contributed by atoms with Gasteiger partial charge >= 0.3 is 0 Å². The Morgan fingerprint density at radius 1 is 1.06 bits per heavy atom. The van der Waals surface area contributed by atoms with E-state index < -0.39 is 0 Å². The number of para-hydroxylation sites is 1. The Morgan fingerprint density at radius 3 is 2.72 bits per heavy atom. The smallest absolute Gasteiger partial charge is 0.238 e. The molecule has 0 radical (unpaired) electrons. The minimum absolute atomic E-state index is 0.0374. The molecule has 3 N–H and O–H groups in total. The van der Waals surface area contributed by atoms with Gasteiger partial charge in [0.1, 0.15) is 18.2 Å². The monoisotopic (exact) mass is 636 g/mol. The highest BCUT2D eigenvalue weighted by atomic mass is 16.5. The number of benzene rings is 1. The van der Waals surface area contributed by atoms with Crippen molar-refractivity contribution < 1.29 is 9.53 Å². The number of hydrogen-bond acceptors (Lipinski definition) is 11. The van der Waals surface area contributed by atoms with Crippen LogP contribution in [0.1, 0.15) is 17.7 Å². The summed E-state index contributed by atoms with van der Waals surface area (Å²) in [7, 11) is 4.03. The molecule has 0 unspecified atom stereocenters. The fraction of sp³-hybridized carbons (Fsp3) is 0.394. The number of hydrogen-bond donors (Lipinski definition) is 3. The van der Waals surface area contributed by atoms with Gasteiger partial charge in [-0.15, -0.1) is 0 Å². The van der Waals surface area contributed by atoms with Crippen molar-refractivity contribution in [2.24, 2.45) is 7.05 Å². The van der Waals surface area contributed by atoms with Crippen molar-refractivity contribution >= 4 is 40.1 Å². The summed E-state index contributed by atoms with van der Waals surface area (Å²) in [5.41, 5.74) is 5.25. The second kappa shape index (κ2) is 13.0. The molecule has 7 rings (SSSR count). The van der Waals surface area contributed by atoms with Crippen LogP contribution in [0.3, 0.4) is 0 Å². The number of likely N-dealkylation sites (tertiary alicyclic amines) is 1. The highest BCUT2D eigenvalue weighted by Gasteiger charge is 2.27. The van der Waals surface area contributed by atoms with Crippen LogP contribution < -0.4 is 20.3 Å². The number of H-pyrrole nitrogens is 1. The van der Waals surface area contributed by atoms with Gasteiger partial charge in [0.2, 0.25) is 17.7 Å². The Labute approximate surface area is 273 Å². The maximum absolute atomic E-state index is 13.2. The second-order valence-electron chi connectivity index (χ2n) is 12.4. The Kier molecular flexibility index (Phi) is 8.43. The maximum atomic E-state index is 13.2. The molecule has 6 heterocycles. The minimum atomic E-state index is -0.0796. The molecule has 0 spiro atoms. The number of fused-ring (bicyclic) bond motifs is 1. The van der Waals surface area contributed by atoms with Crippen molar-refractivity contribution in [3.63, 3.8) is 0 Å². The fourth-order valence-electron chi connectivity index (χ4n) is 6.17. The number of likely N-dealkylation sites (N-methyl/N-ethyl adjacent to an activating group) is 1. The highest BCUT2D eigenvalue weighted by molar-refractivity contribution is 6.06. The lowest BCUT2D eigenvalue weighted by Crippen LogP contribution is -2.44. The first-order valence-corrected chi connectivity index (χ1v) is 16.0. The predicted octanol–water partition coefficient (Wildman–Crippen LogP) is 3.35. The van der Waals surface area contributed by atoms with Crippen molar-refractivity contribution in [2.45, 2.75) is 26.4 Å². The van der Waals surface area contributed by atoms with Crippen molar-refractivity contribution in [2.75, 3.05) is 68.4 Å². The number of rotatable bonds is 9. The van der Waals surface area contributed by atoms with Crippen LogP contribution in [0.4, 0.5) is 23.3 Å². The van der Waals surface area contributed by atoms with E-state index >= 15 is 0 Å². The number of anilines is 4. The third-order valence-electron chi connectivity index (χ3n) is 8.91. The molecule has 2 aliphatic heterocycles. The van der Waals surface area contributed by atoms with Crippen LogP contribution >= 0.6 is 0 Å². The molecule has 1 atom stereocenters. The molecule has 1 amide bonds. The van der Waals surface area contributed by atoms with Crippen LogP contribution in [0.15, 0.2) is 49.1 Å². The first-order chi connectivity index (χ1) is 22.8. The van der Waals surface area contributed by atoms with Crippen LogP contribution in [0.5, 0.6) is 5.88 Å². The van der Waals surface area contributed by atoms with Crippen molar-refractivity contribution in [3.8, 4) is 17.1 Å². The minimum Gasteiger partial charge on any atom is -0.473 e. The largest absolute Gasteiger partial charge is 0.473 e. The molecule has 0 aliphatic carbocycles. The Bertz CT molecular complexity index is 1870.